The second-order valence-electron chi connectivity index (χ2n) is 9.82. The molecule has 1 aliphatic heterocycles. The smallest absolute Gasteiger partial charge is 0.0797 e. The number of aromatic nitrogens is 1. The van der Waals surface area contributed by atoms with Crippen LogP contribution >= 0.6 is 11.3 Å². The van der Waals surface area contributed by atoms with Gasteiger partial charge in [-0.15, -0.1) is 24.5 Å². The summed E-state index contributed by atoms with van der Waals surface area (Å²) in [5.41, 5.74) is 6.96. The Morgan fingerprint density at radius 1 is 1.30 bits per heavy atom. The lowest BCUT2D eigenvalue weighted by molar-refractivity contribution is 0.303. The van der Waals surface area contributed by atoms with Crippen LogP contribution in [-0.4, -0.2) is 30.2 Å². The van der Waals surface area contributed by atoms with Gasteiger partial charge in [0, 0.05) is 40.8 Å². The van der Waals surface area contributed by atoms with Gasteiger partial charge in [0.25, 0.3) is 0 Å². The molecule has 0 amide bonds. The first kappa shape index (κ1) is 28.9. The maximum absolute atomic E-state index is 4.35. The molecular weight excluding hydrogens is 424 g/mol. The molecule has 3 rings (SSSR count). The summed E-state index contributed by atoms with van der Waals surface area (Å²) in [6, 6.07) is 0.941. The summed E-state index contributed by atoms with van der Waals surface area (Å²) < 4.78 is 0. The molecule has 5 heteroatoms. The normalized spacial score (nSPS) is 20.4. The van der Waals surface area contributed by atoms with Gasteiger partial charge in [-0.1, -0.05) is 52.2 Å². The van der Waals surface area contributed by atoms with E-state index in [1.54, 1.807) is 11.3 Å². The molecule has 0 bridgehead atoms. The lowest BCUT2D eigenvalue weighted by Gasteiger charge is -2.28. The summed E-state index contributed by atoms with van der Waals surface area (Å²) in [5.74, 6) is 0.501. The molecule has 33 heavy (non-hydrogen) atoms. The molecule has 2 aliphatic rings. The summed E-state index contributed by atoms with van der Waals surface area (Å²) in [6.07, 6.45) is 10.4. The first-order valence-electron chi connectivity index (χ1n) is 11.9. The van der Waals surface area contributed by atoms with Crippen molar-refractivity contribution in [3.63, 3.8) is 0 Å². The monoisotopic (exact) mass is 470 g/mol. The van der Waals surface area contributed by atoms with E-state index in [2.05, 4.69) is 100 Å². The summed E-state index contributed by atoms with van der Waals surface area (Å²) in [7, 11) is 0. The van der Waals surface area contributed by atoms with Crippen LogP contribution in [0.25, 0.3) is 0 Å². The molecule has 2 heterocycles. The van der Waals surface area contributed by atoms with E-state index >= 15 is 0 Å². The average molecular weight is 471 g/mol. The molecule has 1 saturated heterocycles. The topological polar surface area (TPSA) is 49.0 Å². The van der Waals surface area contributed by atoms with E-state index in [0.29, 0.717) is 23.4 Å². The van der Waals surface area contributed by atoms with Gasteiger partial charge in [0.15, 0.2) is 0 Å². The van der Waals surface area contributed by atoms with Gasteiger partial charge in [-0.05, 0) is 57.6 Å². The van der Waals surface area contributed by atoms with Gasteiger partial charge in [-0.3, -0.25) is 0 Å². The number of hydrogen-bond acceptors (Lipinski definition) is 5. The highest BCUT2D eigenvalue weighted by Crippen LogP contribution is 2.31. The molecule has 3 unspecified atom stereocenters. The van der Waals surface area contributed by atoms with Crippen molar-refractivity contribution in [1.29, 1.82) is 0 Å². The number of thiazole rings is 1. The number of aryl methyl sites for hydroxylation is 1. The van der Waals surface area contributed by atoms with Gasteiger partial charge in [-0.2, -0.15) is 0 Å². The van der Waals surface area contributed by atoms with E-state index in [4.69, 9.17) is 0 Å². The van der Waals surface area contributed by atoms with Crippen LogP contribution < -0.4 is 16.0 Å². The van der Waals surface area contributed by atoms with E-state index in [0.717, 1.165) is 30.9 Å². The maximum atomic E-state index is 4.35. The molecule has 3 N–H and O–H groups in total. The van der Waals surface area contributed by atoms with Crippen LogP contribution in [0.1, 0.15) is 70.4 Å². The SMILES string of the molecule is C=C.C=C(C)NC(C)C(C)(C)C.C=C(NCC1=CCC(c2scnc2C)C=C1)C1CCCN1. The molecular formula is C28H46N4S. The van der Waals surface area contributed by atoms with E-state index < -0.39 is 0 Å². The molecule has 0 spiro atoms. The average Bonchev–Trinajstić information content (AvgIpc) is 3.45. The Labute approximate surface area is 207 Å². The highest BCUT2D eigenvalue weighted by Gasteiger charge is 2.19. The summed E-state index contributed by atoms with van der Waals surface area (Å²) in [4.78, 5) is 5.74. The molecule has 4 nitrogen and oxygen atoms in total. The highest BCUT2D eigenvalue weighted by atomic mass is 32.1. The standard InChI is InChI=1S/C17H23N3S.C9H19N.C2H4/c1-12(16-4-3-9-18-16)19-10-14-5-7-15(8-6-14)17-13(2)20-11-21-17;1-7(2)10-8(3)9(4,5)6;1-2/h5-7,11,15-16,18-19H,1,3-4,8-10H2,2H3;8,10H,1H2,2-6H3;1-2H2. The largest absolute Gasteiger partial charge is 0.386 e. The maximum Gasteiger partial charge on any atom is 0.0797 e. The van der Waals surface area contributed by atoms with Crippen LogP contribution in [0.3, 0.4) is 0 Å². The van der Waals surface area contributed by atoms with Crippen LogP contribution in [0.4, 0.5) is 0 Å². The minimum atomic E-state index is 0.318. The fourth-order valence-corrected chi connectivity index (χ4v) is 4.46. The molecule has 1 aromatic rings. The summed E-state index contributed by atoms with van der Waals surface area (Å²) in [5, 5.41) is 10.2. The Morgan fingerprint density at radius 2 is 2.00 bits per heavy atom. The van der Waals surface area contributed by atoms with Crippen molar-refractivity contribution in [2.45, 2.75) is 78.8 Å². The van der Waals surface area contributed by atoms with Crippen molar-refractivity contribution in [3.05, 3.63) is 77.6 Å². The van der Waals surface area contributed by atoms with Crippen molar-refractivity contribution >= 4 is 11.3 Å². The third-order valence-electron chi connectivity index (χ3n) is 6.06. The molecule has 1 fully saturated rings. The van der Waals surface area contributed by atoms with Crippen molar-refractivity contribution < 1.29 is 0 Å². The van der Waals surface area contributed by atoms with E-state index in [-0.39, 0.29) is 0 Å². The second kappa shape index (κ2) is 14.2. The lowest BCUT2D eigenvalue weighted by atomic mass is 9.88. The zero-order valence-corrected chi connectivity index (χ0v) is 22.6. The van der Waals surface area contributed by atoms with Gasteiger partial charge in [0.05, 0.1) is 11.2 Å². The van der Waals surface area contributed by atoms with Crippen LogP contribution in [0.2, 0.25) is 0 Å². The van der Waals surface area contributed by atoms with Crippen molar-refractivity contribution in [3.8, 4) is 0 Å². The predicted molar refractivity (Wildman–Crippen MR) is 148 cm³/mol. The zero-order chi connectivity index (χ0) is 25.0. The first-order chi connectivity index (χ1) is 15.6. The second-order valence-corrected chi connectivity index (χ2v) is 10.7. The molecule has 0 radical (unpaired) electrons. The quantitative estimate of drug-likeness (QED) is 0.392. The van der Waals surface area contributed by atoms with Gasteiger partial charge >= 0.3 is 0 Å². The van der Waals surface area contributed by atoms with E-state index in [1.165, 1.54) is 29.0 Å². The minimum Gasteiger partial charge on any atom is -0.386 e. The van der Waals surface area contributed by atoms with Gasteiger partial charge in [-0.25, -0.2) is 4.98 Å². The van der Waals surface area contributed by atoms with Crippen LogP contribution in [0, 0.1) is 12.3 Å². The van der Waals surface area contributed by atoms with Crippen LogP contribution in [-0.2, 0) is 0 Å². The number of nitrogens with one attached hydrogen (secondary N) is 3. The van der Waals surface area contributed by atoms with E-state index in [9.17, 15) is 0 Å². The Morgan fingerprint density at radius 3 is 2.42 bits per heavy atom. The Kier molecular flexibility index (Phi) is 12.5. The zero-order valence-electron chi connectivity index (χ0n) is 21.8. The molecule has 0 aromatic carbocycles. The third-order valence-corrected chi connectivity index (χ3v) is 7.12. The molecule has 0 saturated carbocycles. The van der Waals surface area contributed by atoms with Crippen molar-refractivity contribution in [1.82, 2.24) is 20.9 Å². The summed E-state index contributed by atoms with van der Waals surface area (Å²) >= 11 is 1.76. The minimum absolute atomic E-state index is 0.318. The number of rotatable bonds is 7. The summed E-state index contributed by atoms with van der Waals surface area (Å²) in [6.45, 7) is 28.9. The lowest BCUT2D eigenvalue weighted by Crippen LogP contribution is -2.36. The third kappa shape index (κ3) is 10.1. The Balaban J connectivity index is 0.000000386. The fourth-order valence-electron chi connectivity index (χ4n) is 3.56. The van der Waals surface area contributed by atoms with Crippen molar-refractivity contribution in [2.24, 2.45) is 5.41 Å². The van der Waals surface area contributed by atoms with Crippen LogP contribution in [0.5, 0.6) is 0 Å². The molecule has 1 aromatic heterocycles. The molecule has 184 valence electrons. The fraction of sp³-hybridized carbons (Fsp3) is 0.536. The Hall–Kier alpha value is -2.11. The number of allylic oxidation sites excluding steroid dienone is 3. The van der Waals surface area contributed by atoms with E-state index in [1.807, 2.05) is 12.4 Å². The van der Waals surface area contributed by atoms with Crippen LogP contribution in [0.15, 0.2) is 67.0 Å². The Bertz CT molecular complexity index is 806. The number of nitrogens with zero attached hydrogens (tertiary/aromatic N) is 1. The molecule has 3 atom stereocenters. The van der Waals surface area contributed by atoms with Gasteiger partial charge in [0.1, 0.15) is 0 Å². The highest BCUT2D eigenvalue weighted by molar-refractivity contribution is 7.09. The van der Waals surface area contributed by atoms with Gasteiger partial charge < -0.3 is 16.0 Å². The molecule has 1 aliphatic carbocycles. The first-order valence-corrected chi connectivity index (χ1v) is 12.8. The number of hydrogen-bond donors (Lipinski definition) is 3. The predicted octanol–water partition coefficient (Wildman–Crippen LogP) is 6.62. The van der Waals surface area contributed by atoms with Gasteiger partial charge in [0.2, 0.25) is 0 Å². The van der Waals surface area contributed by atoms with Crippen molar-refractivity contribution in [2.75, 3.05) is 13.1 Å².